The molecule has 3 aromatic heterocycles. The highest BCUT2D eigenvalue weighted by molar-refractivity contribution is 6.30. The van der Waals surface area contributed by atoms with Gasteiger partial charge in [0.05, 0.1) is 16.2 Å². The summed E-state index contributed by atoms with van der Waals surface area (Å²) in [5, 5.41) is 7.87. The van der Waals surface area contributed by atoms with Gasteiger partial charge in [-0.05, 0) is 24.3 Å². The summed E-state index contributed by atoms with van der Waals surface area (Å²) < 4.78 is 0. The Morgan fingerprint density at radius 1 is 0.846 bits per heavy atom. The molecular weight excluding hydrogens is 350 g/mol. The van der Waals surface area contributed by atoms with E-state index in [0.717, 1.165) is 16.6 Å². The highest BCUT2D eigenvalue weighted by atomic mass is 35.5. The number of fused-ring (bicyclic) bond motifs is 1. The maximum atomic E-state index is 6.23. The van der Waals surface area contributed by atoms with E-state index in [1.54, 1.807) is 24.5 Å². The highest BCUT2D eigenvalue weighted by Gasteiger charge is 2.11. The molecule has 8 heteroatoms. The van der Waals surface area contributed by atoms with Crippen LogP contribution in [-0.4, -0.2) is 19.9 Å². The van der Waals surface area contributed by atoms with Gasteiger partial charge in [-0.3, -0.25) is 4.98 Å². The first-order valence-corrected chi connectivity index (χ1v) is 8.18. The summed E-state index contributed by atoms with van der Waals surface area (Å²) in [4.78, 5) is 17.0. The van der Waals surface area contributed by atoms with Crippen molar-refractivity contribution in [1.82, 2.24) is 19.9 Å². The Labute approximate surface area is 154 Å². The monoisotopic (exact) mass is 363 g/mol. The van der Waals surface area contributed by atoms with Crippen LogP contribution in [0, 0.1) is 0 Å². The minimum absolute atomic E-state index is 0.372. The standard InChI is InChI=1S/C18H14ClN7/c19-12-6-7-14(22-9-12)26-18-15(20)17(23-10-24-18)25-13-5-1-3-11-4-2-8-21-16(11)13/h1-10H,20H2,(H2,22,23,24,25,26). The summed E-state index contributed by atoms with van der Waals surface area (Å²) in [6, 6.07) is 13.2. The van der Waals surface area contributed by atoms with Gasteiger partial charge in [-0.2, -0.15) is 0 Å². The van der Waals surface area contributed by atoms with Gasteiger partial charge in [0.2, 0.25) is 0 Å². The highest BCUT2D eigenvalue weighted by Crippen LogP contribution is 2.30. The van der Waals surface area contributed by atoms with Crippen molar-refractivity contribution in [2.75, 3.05) is 16.4 Å². The third kappa shape index (κ3) is 3.20. The molecule has 0 aliphatic rings. The number of hydrogen-bond acceptors (Lipinski definition) is 7. The van der Waals surface area contributed by atoms with Gasteiger partial charge in [-0.25, -0.2) is 15.0 Å². The molecule has 4 rings (SSSR count). The van der Waals surface area contributed by atoms with Gasteiger partial charge in [-0.1, -0.05) is 29.8 Å². The molecule has 0 saturated heterocycles. The van der Waals surface area contributed by atoms with Gasteiger partial charge in [0, 0.05) is 17.8 Å². The first kappa shape index (κ1) is 16.0. The molecule has 1 aromatic carbocycles. The summed E-state index contributed by atoms with van der Waals surface area (Å²) in [6.07, 6.45) is 4.72. The van der Waals surface area contributed by atoms with Gasteiger partial charge in [0.25, 0.3) is 0 Å². The Morgan fingerprint density at radius 2 is 1.65 bits per heavy atom. The van der Waals surface area contributed by atoms with Crippen LogP contribution in [0.1, 0.15) is 0 Å². The molecule has 0 radical (unpaired) electrons. The van der Waals surface area contributed by atoms with E-state index in [-0.39, 0.29) is 0 Å². The molecule has 7 nitrogen and oxygen atoms in total. The van der Waals surface area contributed by atoms with Gasteiger partial charge >= 0.3 is 0 Å². The van der Waals surface area contributed by atoms with Crippen LogP contribution < -0.4 is 16.4 Å². The molecule has 4 N–H and O–H groups in total. The lowest BCUT2D eigenvalue weighted by Gasteiger charge is -2.13. The minimum Gasteiger partial charge on any atom is -0.393 e. The van der Waals surface area contributed by atoms with Crippen LogP contribution in [0.3, 0.4) is 0 Å². The summed E-state index contributed by atoms with van der Waals surface area (Å²) >= 11 is 5.85. The molecule has 0 spiro atoms. The van der Waals surface area contributed by atoms with Crippen molar-refractivity contribution in [1.29, 1.82) is 0 Å². The quantitative estimate of drug-likeness (QED) is 0.500. The average Bonchev–Trinajstić information content (AvgIpc) is 2.67. The second-order valence-corrected chi connectivity index (χ2v) is 5.91. The zero-order valence-electron chi connectivity index (χ0n) is 13.5. The number of nitrogen functional groups attached to an aromatic ring is 1. The van der Waals surface area contributed by atoms with Gasteiger partial charge < -0.3 is 16.4 Å². The normalized spacial score (nSPS) is 10.7. The fraction of sp³-hybridized carbons (Fsp3) is 0. The Morgan fingerprint density at radius 3 is 2.46 bits per heavy atom. The number of halogens is 1. The number of anilines is 5. The second-order valence-electron chi connectivity index (χ2n) is 5.48. The van der Waals surface area contributed by atoms with E-state index in [2.05, 4.69) is 30.6 Å². The molecule has 0 unspecified atom stereocenters. The molecule has 128 valence electrons. The van der Waals surface area contributed by atoms with Gasteiger partial charge in [0.15, 0.2) is 11.6 Å². The number of benzene rings is 1. The van der Waals surface area contributed by atoms with E-state index >= 15 is 0 Å². The molecule has 0 saturated carbocycles. The molecule has 26 heavy (non-hydrogen) atoms. The van der Waals surface area contributed by atoms with Crippen LogP contribution >= 0.6 is 11.6 Å². The molecule has 0 amide bonds. The fourth-order valence-corrected chi connectivity index (χ4v) is 2.61. The molecule has 4 aromatic rings. The molecule has 0 atom stereocenters. The van der Waals surface area contributed by atoms with Crippen molar-refractivity contribution in [3.63, 3.8) is 0 Å². The number of aromatic nitrogens is 4. The smallest absolute Gasteiger partial charge is 0.160 e. The molecule has 0 fully saturated rings. The van der Waals surface area contributed by atoms with E-state index in [9.17, 15) is 0 Å². The predicted molar refractivity (Wildman–Crippen MR) is 104 cm³/mol. The predicted octanol–water partition coefficient (Wildman–Crippen LogP) is 4.14. The third-order valence-electron chi connectivity index (χ3n) is 3.74. The summed E-state index contributed by atoms with van der Waals surface area (Å²) in [7, 11) is 0. The SMILES string of the molecule is Nc1c(Nc2ccc(Cl)cn2)ncnc1Nc1cccc2cccnc12. The zero-order chi connectivity index (χ0) is 17.9. The van der Waals surface area contributed by atoms with Crippen molar-refractivity contribution < 1.29 is 0 Å². The molecule has 0 aliphatic heterocycles. The molecule has 0 bridgehead atoms. The minimum atomic E-state index is 0.372. The van der Waals surface area contributed by atoms with Gasteiger partial charge in [-0.15, -0.1) is 0 Å². The largest absolute Gasteiger partial charge is 0.393 e. The van der Waals surface area contributed by atoms with E-state index < -0.39 is 0 Å². The van der Waals surface area contributed by atoms with Crippen molar-refractivity contribution in [2.24, 2.45) is 0 Å². The summed E-state index contributed by atoms with van der Waals surface area (Å²) in [6.45, 7) is 0. The Balaban J connectivity index is 1.66. The maximum absolute atomic E-state index is 6.23. The summed E-state index contributed by atoms with van der Waals surface area (Å²) in [5.74, 6) is 1.51. The van der Waals surface area contributed by atoms with E-state index in [1.807, 2.05) is 30.3 Å². The Hall–Kier alpha value is -3.45. The summed E-state index contributed by atoms with van der Waals surface area (Å²) in [5.41, 5.74) is 8.25. The Kier molecular flexibility index (Phi) is 4.20. The second kappa shape index (κ2) is 6.81. The van der Waals surface area contributed by atoms with E-state index in [4.69, 9.17) is 17.3 Å². The maximum Gasteiger partial charge on any atom is 0.160 e. The van der Waals surface area contributed by atoms with Crippen LogP contribution in [0.5, 0.6) is 0 Å². The van der Waals surface area contributed by atoms with Crippen molar-refractivity contribution in [3.05, 3.63) is 66.2 Å². The van der Waals surface area contributed by atoms with Crippen LogP contribution in [0.4, 0.5) is 28.8 Å². The van der Waals surface area contributed by atoms with Crippen LogP contribution in [0.2, 0.25) is 5.02 Å². The molecule has 3 heterocycles. The van der Waals surface area contributed by atoms with E-state index in [1.165, 1.54) is 6.33 Å². The number of nitrogens with zero attached hydrogens (tertiary/aromatic N) is 4. The lowest BCUT2D eigenvalue weighted by Crippen LogP contribution is -2.06. The van der Waals surface area contributed by atoms with Crippen LogP contribution in [0.15, 0.2) is 61.2 Å². The fourth-order valence-electron chi connectivity index (χ4n) is 2.50. The van der Waals surface area contributed by atoms with Crippen LogP contribution in [0.25, 0.3) is 10.9 Å². The van der Waals surface area contributed by atoms with Gasteiger partial charge in [0.1, 0.15) is 17.8 Å². The lowest BCUT2D eigenvalue weighted by atomic mass is 10.2. The number of nitrogens with two attached hydrogens (primary N) is 1. The first-order chi connectivity index (χ1) is 12.7. The zero-order valence-corrected chi connectivity index (χ0v) is 14.3. The van der Waals surface area contributed by atoms with Crippen molar-refractivity contribution in [3.8, 4) is 0 Å². The van der Waals surface area contributed by atoms with E-state index in [0.29, 0.717) is 28.2 Å². The number of hydrogen-bond donors (Lipinski definition) is 3. The third-order valence-corrected chi connectivity index (χ3v) is 3.97. The number of para-hydroxylation sites is 1. The number of pyridine rings is 2. The van der Waals surface area contributed by atoms with Crippen LogP contribution in [-0.2, 0) is 0 Å². The lowest BCUT2D eigenvalue weighted by molar-refractivity contribution is 1.16. The molecular formula is C18H14ClN7. The first-order valence-electron chi connectivity index (χ1n) is 7.80. The number of rotatable bonds is 4. The Bertz CT molecular complexity index is 1060. The van der Waals surface area contributed by atoms with Crippen molar-refractivity contribution >= 4 is 51.3 Å². The molecule has 0 aliphatic carbocycles. The van der Waals surface area contributed by atoms with Crippen molar-refractivity contribution in [2.45, 2.75) is 0 Å². The topological polar surface area (TPSA) is 102 Å². The number of nitrogens with one attached hydrogen (secondary N) is 2. The average molecular weight is 364 g/mol.